The molecule has 1 saturated heterocycles. The van der Waals surface area contributed by atoms with Crippen molar-refractivity contribution in [3.8, 4) is 11.5 Å². The number of thiazole rings is 1. The lowest BCUT2D eigenvalue weighted by Crippen LogP contribution is -2.71. The van der Waals surface area contributed by atoms with Crippen LogP contribution in [0.3, 0.4) is 0 Å². The summed E-state index contributed by atoms with van der Waals surface area (Å²) < 4.78 is 1.38. The van der Waals surface area contributed by atoms with E-state index in [0.29, 0.717) is 10.6 Å². The summed E-state index contributed by atoms with van der Waals surface area (Å²) in [6.45, 7) is -0.559. The first-order chi connectivity index (χ1) is 24.3. The van der Waals surface area contributed by atoms with E-state index in [9.17, 15) is 49.5 Å². The number of phenolic OH excluding ortho intramolecular Hbond substituents is 1. The van der Waals surface area contributed by atoms with Gasteiger partial charge in [0.2, 0.25) is 0 Å². The molecule has 0 radical (unpaired) electrons. The van der Waals surface area contributed by atoms with Gasteiger partial charge in [-0.15, -0.1) is 34.9 Å². The third kappa shape index (κ3) is 6.93. The molecule has 0 unspecified atom stereocenters. The van der Waals surface area contributed by atoms with Crippen molar-refractivity contribution in [2.45, 2.75) is 29.5 Å². The van der Waals surface area contributed by atoms with Crippen LogP contribution < -0.4 is 11.1 Å². The lowest BCUT2D eigenvalue weighted by molar-refractivity contribution is -0.150. The van der Waals surface area contributed by atoms with E-state index in [-0.39, 0.29) is 51.5 Å². The average Bonchev–Trinajstić information content (AvgIpc) is 3.73. The number of hydrogen-bond donors (Lipinski definition) is 7. The Morgan fingerprint density at radius 2 is 1.92 bits per heavy atom. The number of aliphatic carboxylic acids is 2. The van der Waals surface area contributed by atoms with Crippen molar-refractivity contribution >= 4 is 81.2 Å². The Balaban J connectivity index is 1.19. The van der Waals surface area contributed by atoms with Crippen LogP contribution in [0.15, 0.2) is 51.4 Å². The van der Waals surface area contributed by atoms with E-state index < -0.39 is 70.5 Å². The normalized spacial score (nSPS) is 17.2. The highest BCUT2D eigenvalue weighted by Crippen LogP contribution is 2.42. The van der Waals surface area contributed by atoms with Crippen LogP contribution in [0.4, 0.5) is 5.13 Å². The van der Waals surface area contributed by atoms with Gasteiger partial charge >= 0.3 is 17.9 Å². The number of thioether (sulfide) groups is 2. The molecule has 2 aliphatic rings. The van der Waals surface area contributed by atoms with Crippen molar-refractivity contribution in [1.82, 2.24) is 34.8 Å². The molecule has 0 aliphatic carbocycles. The van der Waals surface area contributed by atoms with Gasteiger partial charge in [-0.2, -0.15) is 14.6 Å². The number of nitrogens with two attached hydrogens (primary N) is 1. The zero-order valence-corrected chi connectivity index (χ0v) is 27.9. The largest absolute Gasteiger partial charge is 0.504 e. The highest BCUT2D eigenvalue weighted by Gasteiger charge is 2.54. The minimum absolute atomic E-state index is 0.0310. The number of carbonyl (C=O) groups excluding carboxylic acids is 2. The van der Waals surface area contributed by atoms with Crippen LogP contribution in [-0.2, 0) is 37.0 Å². The molecule has 3 aromatic heterocycles. The number of aromatic nitrogens is 5. The van der Waals surface area contributed by atoms with Crippen molar-refractivity contribution < 1.29 is 54.3 Å². The number of nitrogens with one attached hydrogen (secondary N) is 1. The number of phenols is 2. The number of carboxylic acids is 3. The molecule has 4 aromatic rings. The number of nitrogen functional groups attached to an aromatic ring is 1. The molecule has 2 amide bonds. The molecule has 23 heteroatoms. The van der Waals surface area contributed by atoms with Gasteiger partial charge in [0.05, 0.1) is 12.1 Å². The maximum atomic E-state index is 13.5. The fourth-order valence-corrected chi connectivity index (χ4v) is 8.15. The van der Waals surface area contributed by atoms with Crippen LogP contribution >= 0.6 is 34.9 Å². The molecule has 51 heavy (non-hydrogen) atoms. The van der Waals surface area contributed by atoms with Gasteiger partial charge in [0.15, 0.2) is 22.3 Å². The predicted octanol–water partition coefficient (Wildman–Crippen LogP) is 0.351. The van der Waals surface area contributed by atoms with Gasteiger partial charge in [0, 0.05) is 22.4 Å². The average molecular weight is 758 g/mol. The second-order valence-corrected chi connectivity index (χ2v) is 13.6. The van der Waals surface area contributed by atoms with Gasteiger partial charge in [-0.1, -0.05) is 11.2 Å². The molecule has 2 atom stereocenters. The number of amides is 2. The van der Waals surface area contributed by atoms with Gasteiger partial charge in [-0.05, 0) is 17.7 Å². The Hall–Kier alpha value is -5.94. The fraction of sp³-hybridized carbons (Fsp3) is 0.214. The first kappa shape index (κ1) is 34.9. The van der Waals surface area contributed by atoms with E-state index in [2.05, 4.69) is 30.5 Å². The number of anilines is 1. The summed E-state index contributed by atoms with van der Waals surface area (Å²) in [7, 11) is 0. The van der Waals surface area contributed by atoms with Gasteiger partial charge in [0.1, 0.15) is 46.3 Å². The zero-order chi connectivity index (χ0) is 36.6. The number of carbonyl (C=O) groups is 5. The van der Waals surface area contributed by atoms with Gasteiger partial charge < -0.3 is 41.4 Å². The molecule has 264 valence electrons. The number of fused-ring (bicyclic) bond motifs is 2. The van der Waals surface area contributed by atoms with E-state index in [1.54, 1.807) is 0 Å². The van der Waals surface area contributed by atoms with Crippen LogP contribution in [0.1, 0.15) is 27.3 Å². The maximum Gasteiger partial charge on any atom is 0.352 e. The van der Waals surface area contributed by atoms with Crippen LogP contribution in [0, 0.1) is 0 Å². The van der Waals surface area contributed by atoms with Gasteiger partial charge in [0.25, 0.3) is 17.6 Å². The Labute approximate surface area is 296 Å². The summed E-state index contributed by atoms with van der Waals surface area (Å²) in [5, 5.41) is 60.0. The van der Waals surface area contributed by atoms with E-state index >= 15 is 0 Å². The number of benzene rings is 1. The van der Waals surface area contributed by atoms with Crippen molar-refractivity contribution in [2.75, 3.05) is 17.2 Å². The van der Waals surface area contributed by atoms with Gasteiger partial charge in [-0.3, -0.25) is 19.3 Å². The molecule has 2 aliphatic heterocycles. The Morgan fingerprint density at radius 3 is 2.61 bits per heavy atom. The minimum atomic E-state index is -1.56. The summed E-state index contributed by atoms with van der Waals surface area (Å²) >= 11 is 3.34. The number of rotatable bonds is 13. The number of oxime groups is 1. The maximum absolute atomic E-state index is 13.5. The highest BCUT2D eigenvalue weighted by molar-refractivity contribution is 8.01. The molecular weight excluding hydrogens is 735 g/mol. The molecule has 0 spiro atoms. The summed E-state index contributed by atoms with van der Waals surface area (Å²) in [6.07, 6.45) is 0.880. The molecule has 20 nitrogen and oxygen atoms in total. The summed E-state index contributed by atoms with van der Waals surface area (Å²) in [5.41, 5.74) is 4.92. The van der Waals surface area contributed by atoms with Gasteiger partial charge in [-0.25, -0.2) is 19.6 Å². The van der Waals surface area contributed by atoms with Crippen molar-refractivity contribution in [3.05, 3.63) is 63.7 Å². The topological polar surface area (TPSA) is 305 Å². The number of aromatic hydroxyl groups is 2. The summed E-state index contributed by atoms with van der Waals surface area (Å²) in [4.78, 5) is 80.7. The Bertz CT molecular complexity index is 2180. The predicted molar refractivity (Wildman–Crippen MR) is 177 cm³/mol. The smallest absolute Gasteiger partial charge is 0.352 e. The first-order valence-corrected chi connectivity index (χ1v) is 17.2. The molecule has 1 aromatic carbocycles. The fourth-order valence-electron chi connectivity index (χ4n) is 5.09. The second-order valence-electron chi connectivity index (χ2n) is 10.6. The third-order valence-electron chi connectivity index (χ3n) is 7.35. The molecule has 6 rings (SSSR count). The number of nitrogens with zero attached hydrogens (tertiary/aromatic N) is 7. The van der Waals surface area contributed by atoms with Crippen LogP contribution in [0.2, 0.25) is 0 Å². The van der Waals surface area contributed by atoms with Crippen molar-refractivity contribution in [3.63, 3.8) is 0 Å². The minimum Gasteiger partial charge on any atom is -0.504 e. The summed E-state index contributed by atoms with van der Waals surface area (Å²) in [6, 6.07) is 2.57. The van der Waals surface area contributed by atoms with Crippen LogP contribution in [-0.4, -0.2) is 113 Å². The quantitative estimate of drug-likeness (QED) is 0.0242. The number of hydrogen-bond acceptors (Lipinski definition) is 17. The second kappa shape index (κ2) is 14.1. The number of aromatic carboxylic acids is 1. The Morgan fingerprint density at radius 1 is 1.14 bits per heavy atom. The first-order valence-electron chi connectivity index (χ1n) is 14.3. The van der Waals surface area contributed by atoms with Crippen LogP contribution in [0.5, 0.6) is 11.5 Å². The lowest BCUT2D eigenvalue weighted by atomic mass is 10.0. The number of β-lactam (4-membered cyclic amide) rings is 1. The Kier molecular flexibility index (Phi) is 9.67. The van der Waals surface area contributed by atoms with E-state index in [0.717, 1.165) is 34.1 Å². The van der Waals surface area contributed by atoms with E-state index in [4.69, 9.17) is 10.6 Å². The molecule has 0 bridgehead atoms. The lowest BCUT2D eigenvalue weighted by Gasteiger charge is -2.49. The molecule has 5 heterocycles. The standard InChI is InChI=1S/C28H23N9O11S3/c29-27-33-13(8-51-27)18(35-48-5-10-1-2-14(38)21(41)17(10)25(44)45)22(42)34-19-23(43)36-20(26(46)47)11(7-50-24(19)36)6-49-15-3-12(4-16(39)40)32-28-30-9-31-37(15)28/h1-3,8-9,19,24,38,41H,4-7H2,(H2,29,33)(H,34,42)(H,39,40)(H,44,45)(H,46,47)/t19-,24-/m1/s1. The SMILES string of the molecule is Nc1nc(C(=NOCc2ccc(O)c(O)c2C(=O)O)C(=O)N[C@@H]2C(=O)N3C(C(=O)O)=C(CSc4cc(CC(=O)O)nc5ncnn45)CS[C@H]23)cs1. The number of carboxylic acid groups (broad SMARTS) is 3. The molecule has 1 fully saturated rings. The monoisotopic (exact) mass is 757 g/mol. The van der Waals surface area contributed by atoms with Crippen molar-refractivity contribution in [2.24, 2.45) is 5.16 Å². The summed E-state index contributed by atoms with van der Waals surface area (Å²) in [5.74, 6) is -6.79. The highest BCUT2D eigenvalue weighted by atomic mass is 32.2. The molecule has 0 saturated carbocycles. The zero-order valence-electron chi connectivity index (χ0n) is 25.5. The van der Waals surface area contributed by atoms with Crippen LogP contribution in [0.25, 0.3) is 5.78 Å². The van der Waals surface area contributed by atoms with E-state index in [1.807, 2.05) is 0 Å². The van der Waals surface area contributed by atoms with Crippen molar-refractivity contribution in [1.29, 1.82) is 0 Å². The third-order valence-corrected chi connectivity index (χ3v) is 10.4. The molecule has 8 N–H and O–H groups in total. The van der Waals surface area contributed by atoms with E-state index in [1.165, 1.54) is 40.1 Å². The molecular formula is C28H23N9O11S3.